The molecule has 3 nitrogen and oxygen atoms in total. The number of nitrogens with zero attached hydrogens (tertiary/aromatic N) is 1. The van der Waals surface area contributed by atoms with Crippen LogP contribution in [0, 0.1) is 0 Å². The van der Waals surface area contributed by atoms with E-state index in [4.69, 9.17) is 4.42 Å². The van der Waals surface area contributed by atoms with Gasteiger partial charge in [0.05, 0.1) is 6.20 Å². The van der Waals surface area contributed by atoms with Crippen LogP contribution < -0.4 is 0 Å². The molecule has 4 heteroatoms. The Morgan fingerprint density at radius 3 is 3.11 bits per heavy atom. The van der Waals surface area contributed by atoms with E-state index in [9.17, 15) is 4.55 Å². The lowest BCUT2D eigenvalue weighted by molar-refractivity contribution is 0.430. The average Bonchev–Trinajstić information content (AvgIpc) is 2.37. The molecule has 0 bridgehead atoms. The Morgan fingerprint density at radius 2 is 2.67 bits per heavy atom. The zero-order valence-electron chi connectivity index (χ0n) is 5.03. The Kier molecular flexibility index (Phi) is 2.13. The zero-order chi connectivity index (χ0) is 6.69. The summed E-state index contributed by atoms with van der Waals surface area (Å²) in [6.07, 6.45) is 2.91. The van der Waals surface area contributed by atoms with Gasteiger partial charge in [0.15, 0.2) is 0 Å². The number of aromatic nitrogens is 1. The molecule has 1 rings (SSSR count). The Hall–Kier alpha value is -0.480. The molecule has 0 fully saturated rings. The van der Waals surface area contributed by atoms with Crippen molar-refractivity contribution in [3.63, 3.8) is 0 Å². The molecule has 0 spiro atoms. The lowest BCUT2D eigenvalue weighted by Gasteiger charge is -1.98. The smallest absolute Gasteiger partial charge is 0.414 e. The number of hydrogen-bond donors (Lipinski definition) is 0. The van der Waals surface area contributed by atoms with Gasteiger partial charge in [-0.3, -0.25) is 0 Å². The Morgan fingerprint density at radius 1 is 1.89 bits per heavy atom. The van der Waals surface area contributed by atoms with E-state index in [-0.39, 0.29) is 0 Å². The predicted octanol–water partition coefficient (Wildman–Crippen LogP) is 0.802. The molecule has 1 unspecified atom stereocenters. The van der Waals surface area contributed by atoms with Crippen LogP contribution >= 0.6 is 0 Å². The third-order valence-electron chi connectivity index (χ3n) is 0.867. The van der Waals surface area contributed by atoms with Crippen molar-refractivity contribution < 1.29 is 8.97 Å². The van der Waals surface area contributed by atoms with Gasteiger partial charge in [0.1, 0.15) is 12.0 Å². The van der Waals surface area contributed by atoms with Crippen molar-refractivity contribution in [2.75, 3.05) is 5.75 Å². The second-order valence-corrected chi connectivity index (χ2v) is 3.05. The van der Waals surface area contributed by atoms with Crippen LogP contribution in [0.5, 0.6) is 0 Å². The van der Waals surface area contributed by atoms with Crippen molar-refractivity contribution in [2.24, 2.45) is 0 Å². The molecule has 0 saturated heterocycles. The fourth-order valence-electron chi connectivity index (χ4n) is 0.446. The lowest BCUT2D eigenvalue weighted by Crippen LogP contribution is -2.03. The van der Waals surface area contributed by atoms with Gasteiger partial charge in [-0.1, -0.05) is 0 Å². The molecule has 1 atom stereocenters. The van der Waals surface area contributed by atoms with Gasteiger partial charge in [-0.25, -0.2) is 0 Å². The van der Waals surface area contributed by atoms with Crippen LogP contribution in [0.2, 0.25) is 0 Å². The predicted molar refractivity (Wildman–Crippen MR) is 33.5 cm³/mol. The molecule has 0 aliphatic rings. The summed E-state index contributed by atoms with van der Waals surface area (Å²) in [5.41, 5.74) is 0. The van der Waals surface area contributed by atoms with Crippen molar-refractivity contribution in [1.82, 2.24) is 4.98 Å². The van der Waals surface area contributed by atoms with Gasteiger partial charge in [-0.15, -0.1) is 0 Å². The molecule has 0 amide bonds. The van der Waals surface area contributed by atoms with E-state index < -0.39 is 11.2 Å². The van der Waals surface area contributed by atoms with Gasteiger partial charge in [0.2, 0.25) is 0 Å². The first-order chi connectivity index (χ1) is 4.34. The first-order valence-electron chi connectivity index (χ1n) is 2.62. The second-order valence-electron chi connectivity index (χ2n) is 1.43. The van der Waals surface area contributed by atoms with Crippen LogP contribution in [0.25, 0.3) is 0 Å². The third-order valence-corrected chi connectivity index (χ3v) is 1.98. The monoisotopic (exact) mass is 145 g/mol. The highest BCUT2D eigenvalue weighted by molar-refractivity contribution is 7.91. The highest BCUT2D eigenvalue weighted by Gasteiger charge is 2.11. The minimum atomic E-state index is -1.04. The summed E-state index contributed by atoms with van der Waals surface area (Å²) in [7, 11) is 0. The molecule has 0 aromatic carbocycles. The number of rotatable bonds is 2. The molecule has 0 saturated carbocycles. The summed E-state index contributed by atoms with van der Waals surface area (Å²) in [4.78, 5) is 3.72. The SMILES string of the molecule is CC[S+]([O-])c1ncco1. The third kappa shape index (κ3) is 1.46. The molecule has 0 aliphatic carbocycles. The van der Waals surface area contributed by atoms with Crippen molar-refractivity contribution in [3.05, 3.63) is 12.5 Å². The highest BCUT2D eigenvalue weighted by Crippen LogP contribution is 2.05. The second kappa shape index (κ2) is 2.89. The Labute approximate surface area is 56.3 Å². The summed E-state index contributed by atoms with van der Waals surface area (Å²) in [6, 6.07) is 0. The molecule has 50 valence electrons. The Bertz CT molecular complexity index is 163. The maximum absolute atomic E-state index is 10.8. The van der Waals surface area contributed by atoms with Gasteiger partial charge < -0.3 is 8.97 Å². The average molecular weight is 145 g/mol. The molecule has 1 heterocycles. The fraction of sp³-hybridized carbons (Fsp3) is 0.400. The van der Waals surface area contributed by atoms with E-state index in [2.05, 4.69) is 4.98 Å². The first-order valence-corrected chi connectivity index (χ1v) is 3.94. The van der Waals surface area contributed by atoms with Gasteiger partial charge in [0.25, 0.3) is 0 Å². The van der Waals surface area contributed by atoms with E-state index in [0.717, 1.165) is 0 Å². The summed E-state index contributed by atoms with van der Waals surface area (Å²) in [5, 5.41) is 0.317. The van der Waals surface area contributed by atoms with E-state index in [1.807, 2.05) is 6.92 Å². The Balaban J connectivity index is 2.65. The topological polar surface area (TPSA) is 49.1 Å². The van der Waals surface area contributed by atoms with Crippen LogP contribution in [0.1, 0.15) is 6.92 Å². The molecule has 0 radical (unpaired) electrons. The summed E-state index contributed by atoms with van der Waals surface area (Å²) >= 11 is -1.04. The van der Waals surface area contributed by atoms with E-state index in [1.54, 1.807) is 0 Å². The summed E-state index contributed by atoms with van der Waals surface area (Å²) in [5.74, 6) is 0.556. The van der Waals surface area contributed by atoms with Gasteiger partial charge in [-0.05, 0) is 6.92 Å². The van der Waals surface area contributed by atoms with Crippen molar-refractivity contribution in [3.8, 4) is 0 Å². The van der Waals surface area contributed by atoms with E-state index in [1.165, 1.54) is 12.5 Å². The molecule has 1 aromatic rings. The van der Waals surface area contributed by atoms with Crippen molar-refractivity contribution >= 4 is 11.2 Å². The lowest BCUT2D eigenvalue weighted by atomic mass is 11.0. The molecule has 0 N–H and O–H groups in total. The van der Waals surface area contributed by atoms with Gasteiger partial charge >= 0.3 is 5.22 Å². The van der Waals surface area contributed by atoms with E-state index >= 15 is 0 Å². The quantitative estimate of drug-likeness (QED) is 0.578. The molecular formula is C5H7NO2S. The number of oxazole rings is 1. The maximum atomic E-state index is 10.8. The van der Waals surface area contributed by atoms with Crippen LogP contribution in [0.4, 0.5) is 0 Å². The fourth-order valence-corrected chi connectivity index (χ4v) is 1.03. The number of hydrogen-bond acceptors (Lipinski definition) is 3. The van der Waals surface area contributed by atoms with Crippen LogP contribution in [-0.2, 0) is 11.2 Å². The summed E-state index contributed by atoms with van der Waals surface area (Å²) < 4.78 is 15.6. The summed E-state index contributed by atoms with van der Waals surface area (Å²) in [6.45, 7) is 1.82. The van der Waals surface area contributed by atoms with Crippen LogP contribution in [0.3, 0.4) is 0 Å². The largest absolute Gasteiger partial charge is 0.608 e. The van der Waals surface area contributed by atoms with Crippen LogP contribution in [-0.4, -0.2) is 15.3 Å². The van der Waals surface area contributed by atoms with E-state index in [0.29, 0.717) is 11.0 Å². The molecule has 1 aromatic heterocycles. The van der Waals surface area contributed by atoms with Crippen molar-refractivity contribution in [2.45, 2.75) is 12.1 Å². The minimum absolute atomic E-state index is 0.317. The molecule has 9 heavy (non-hydrogen) atoms. The van der Waals surface area contributed by atoms with Crippen LogP contribution in [0.15, 0.2) is 22.1 Å². The first kappa shape index (κ1) is 6.64. The van der Waals surface area contributed by atoms with Crippen molar-refractivity contribution in [1.29, 1.82) is 0 Å². The van der Waals surface area contributed by atoms with Gasteiger partial charge in [0, 0.05) is 11.2 Å². The minimum Gasteiger partial charge on any atom is -0.608 e. The highest BCUT2D eigenvalue weighted by atomic mass is 32.2. The maximum Gasteiger partial charge on any atom is 0.414 e. The molecular weight excluding hydrogens is 138 g/mol. The van der Waals surface area contributed by atoms with Gasteiger partial charge in [-0.2, -0.15) is 4.98 Å². The standard InChI is InChI=1S/C5H7NO2S/c1-2-9(7)5-6-3-4-8-5/h3-4H,2H2,1H3. The zero-order valence-corrected chi connectivity index (χ0v) is 5.85. The molecule has 0 aliphatic heterocycles. The normalized spacial score (nSPS) is 13.6.